The molecule has 0 atom stereocenters. The number of carbonyl (C=O) groups excluding carboxylic acids is 2. The molecule has 0 bridgehead atoms. The van der Waals surface area contributed by atoms with Gasteiger partial charge in [0.2, 0.25) is 16.9 Å². The van der Waals surface area contributed by atoms with Gasteiger partial charge in [0.05, 0.1) is 5.75 Å². The van der Waals surface area contributed by atoms with Gasteiger partial charge >= 0.3 is 0 Å². The van der Waals surface area contributed by atoms with E-state index in [9.17, 15) is 9.59 Å². The fourth-order valence-corrected chi connectivity index (χ4v) is 3.82. The summed E-state index contributed by atoms with van der Waals surface area (Å²) in [7, 11) is 0. The first-order chi connectivity index (χ1) is 12.0. The first-order valence-corrected chi connectivity index (χ1v) is 10.0. The Morgan fingerprint density at radius 2 is 2.00 bits per heavy atom. The van der Waals surface area contributed by atoms with Crippen LogP contribution in [0.25, 0.3) is 0 Å². The van der Waals surface area contributed by atoms with Crippen LogP contribution in [0.2, 0.25) is 5.02 Å². The minimum Gasteiger partial charge on any atom is -0.325 e. The fraction of sp³-hybridized carbons (Fsp3) is 0.375. The molecule has 2 rings (SSSR count). The molecule has 2 aromatic rings. The molecule has 0 radical (unpaired) electrons. The quantitative estimate of drug-likeness (QED) is 0.511. The molecule has 2 N–H and O–H groups in total. The number of nitrogens with zero attached hydrogens (tertiary/aromatic N) is 2. The Morgan fingerprint density at radius 3 is 2.68 bits per heavy atom. The van der Waals surface area contributed by atoms with Crippen molar-refractivity contribution in [3.63, 3.8) is 0 Å². The first-order valence-electron chi connectivity index (χ1n) is 7.84. The average molecular weight is 399 g/mol. The zero-order valence-corrected chi connectivity index (χ0v) is 16.3. The Labute approximate surface area is 159 Å². The van der Waals surface area contributed by atoms with Crippen molar-refractivity contribution in [2.24, 2.45) is 5.92 Å². The molecule has 2 amide bonds. The van der Waals surface area contributed by atoms with E-state index in [-0.39, 0.29) is 23.5 Å². The lowest BCUT2D eigenvalue weighted by Gasteiger charge is -2.09. The van der Waals surface area contributed by atoms with Crippen molar-refractivity contribution in [1.82, 2.24) is 10.2 Å². The number of hydrogen-bond donors (Lipinski definition) is 2. The molecule has 0 spiro atoms. The minimum absolute atomic E-state index is 0.0246. The monoisotopic (exact) mass is 398 g/mol. The third-order valence-electron chi connectivity index (χ3n) is 3.43. The van der Waals surface area contributed by atoms with E-state index in [4.69, 9.17) is 11.6 Å². The third-order valence-corrected chi connectivity index (χ3v) is 5.64. The molecule has 1 aromatic carbocycles. The second-order valence-electron chi connectivity index (χ2n) is 5.22. The van der Waals surface area contributed by atoms with Gasteiger partial charge in [-0.1, -0.05) is 54.6 Å². The molecule has 0 aliphatic rings. The molecule has 9 heteroatoms. The van der Waals surface area contributed by atoms with Crippen molar-refractivity contribution in [2.45, 2.75) is 31.0 Å². The molecule has 134 valence electrons. The van der Waals surface area contributed by atoms with Gasteiger partial charge in [-0.25, -0.2) is 0 Å². The number of amides is 2. The van der Waals surface area contributed by atoms with Gasteiger partial charge in [-0.3, -0.25) is 9.59 Å². The maximum Gasteiger partial charge on any atom is 0.234 e. The van der Waals surface area contributed by atoms with Crippen molar-refractivity contribution < 1.29 is 9.59 Å². The molecule has 0 fully saturated rings. The molecular formula is C16H19ClN4O2S2. The van der Waals surface area contributed by atoms with E-state index >= 15 is 0 Å². The highest BCUT2D eigenvalue weighted by molar-refractivity contribution is 8.01. The van der Waals surface area contributed by atoms with E-state index in [1.165, 1.54) is 23.1 Å². The van der Waals surface area contributed by atoms with Crippen LogP contribution in [0.3, 0.4) is 0 Å². The van der Waals surface area contributed by atoms with Crippen molar-refractivity contribution in [3.8, 4) is 0 Å². The zero-order chi connectivity index (χ0) is 18.2. The van der Waals surface area contributed by atoms with Crippen molar-refractivity contribution >= 4 is 57.3 Å². The Hall–Kier alpha value is -1.64. The number of benzene rings is 1. The minimum atomic E-state index is -0.162. The van der Waals surface area contributed by atoms with Gasteiger partial charge in [-0.05, 0) is 31.0 Å². The standard InChI is InChI=1S/C16H19ClN4O2S2/c1-3-10(4-2)14(23)19-15-20-21-16(25-15)24-9-13(22)18-12-7-5-6-11(17)8-12/h5-8,10H,3-4,9H2,1-2H3,(H,18,22)(H,19,20,23). The second kappa shape index (κ2) is 9.74. The van der Waals surface area contributed by atoms with Gasteiger partial charge in [-0.15, -0.1) is 10.2 Å². The molecule has 0 aliphatic heterocycles. The number of halogens is 1. The normalized spacial score (nSPS) is 10.7. The number of nitrogens with one attached hydrogen (secondary N) is 2. The molecule has 25 heavy (non-hydrogen) atoms. The van der Waals surface area contributed by atoms with Crippen LogP contribution in [-0.4, -0.2) is 27.8 Å². The summed E-state index contributed by atoms with van der Waals surface area (Å²) in [5.74, 6) is -0.0354. The topological polar surface area (TPSA) is 84.0 Å². The van der Waals surface area contributed by atoms with E-state index in [0.29, 0.717) is 20.2 Å². The highest BCUT2D eigenvalue weighted by atomic mass is 35.5. The summed E-state index contributed by atoms with van der Waals surface area (Å²) in [5.41, 5.74) is 0.647. The number of anilines is 2. The van der Waals surface area contributed by atoms with E-state index in [0.717, 1.165) is 12.8 Å². The summed E-state index contributed by atoms with van der Waals surface area (Å²) >= 11 is 8.41. The SMILES string of the molecule is CCC(CC)C(=O)Nc1nnc(SCC(=O)Nc2cccc(Cl)c2)s1. The number of aromatic nitrogens is 2. The van der Waals surface area contributed by atoms with E-state index in [1.807, 2.05) is 13.8 Å². The lowest BCUT2D eigenvalue weighted by Crippen LogP contribution is -2.21. The summed E-state index contributed by atoms with van der Waals surface area (Å²) in [6, 6.07) is 6.96. The molecule has 0 saturated heterocycles. The number of rotatable bonds is 8. The molecular weight excluding hydrogens is 380 g/mol. The van der Waals surface area contributed by atoms with Crippen LogP contribution in [0.4, 0.5) is 10.8 Å². The van der Waals surface area contributed by atoms with Crippen LogP contribution in [0.15, 0.2) is 28.6 Å². The highest BCUT2D eigenvalue weighted by Gasteiger charge is 2.16. The highest BCUT2D eigenvalue weighted by Crippen LogP contribution is 2.26. The summed E-state index contributed by atoms with van der Waals surface area (Å²) in [6.45, 7) is 3.96. The van der Waals surface area contributed by atoms with E-state index in [2.05, 4.69) is 20.8 Å². The van der Waals surface area contributed by atoms with Crippen LogP contribution < -0.4 is 10.6 Å². The van der Waals surface area contributed by atoms with Crippen LogP contribution in [0.1, 0.15) is 26.7 Å². The Balaban J connectivity index is 1.82. The van der Waals surface area contributed by atoms with Crippen LogP contribution >= 0.6 is 34.7 Å². The Kier molecular flexibility index (Phi) is 7.67. The van der Waals surface area contributed by atoms with Crippen LogP contribution in [-0.2, 0) is 9.59 Å². The predicted octanol–water partition coefficient (Wildman–Crippen LogP) is 4.30. The zero-order valence-electron chi connectivity index (χ0n) is 13.9. The smallest absolute Gasteiger partial charge is 0.234 e. The number of carbonyl (C=O) groups is 2. The maximum atomic E-state index is 12.0. The number of hydrogen-bond acceptors (Lipinski definition) is 6. The first kappa shape index (κ1) is 19.7. The van der Waals surface area contributed by atoms with Gasteiger partial charge in [-0.2, -0.15) is 0 Å². The summed E-state index contributed by atoms with van der Waals surface area (Å²) in [4.78, 5) is 24.0. The predicted molar refractivity (Wildman–Crippen MR) is 103 cm³/mol. The molecule has 6 nitrogen and oxygen atoms in total. The van der Waals surface area contributed by atoms with Gasteiger partial charge < -0.3 is 10.6 Å². The van der Waals surface area contributed by atoms with Gasteiger partial charge in [0.25, 0.3) is 0 Å². The summed E-state index contributed by atoms with van der Waals surface area (Å²) in [5, 5.41) is 14.5. The molecule has 1 heterocycles. The van der Waals surface area contributed by atoms with Gasteiger partial charge in [0.15, 0.2) is 4.34 Å². The molecule has 0 saturated carbocycles. The Bertz CT molecular complexity index is 734. The van der Waals surface area contributed by atoms with Crippen molar-refractivity contribution in [2.75, 3.05) is 16.4 Å². The number of thioether (sulfide) groups is 1. The van der Waals surface area contributed by atoms with Crippen molar-refractivity contribution in [1.29, 1.82) is 0 Å². The fourth-order valence-electron chi connectivity index (χ4n) is 2.08. The lowest BCUT2D eigenvalue weighted by atomic mass is 10.0. The largest absolute Gasteiger partial charge is 0.325 e. The van der Waals surface area contributed by atoms with E-state index in [1.54, 1.807) is 24.3 Å². The molecule has 1 aromatic heterocycles. The molecule has 0 unspecified atom stereocenters. The summed E-state index contributed by atoms with van der Waals surface area (Å²) in [6.07, 6.45) is 1.57. The van der Waals surface area contributed by atoms with Gasteiger partial charge in [0, 0.05) is 16.6 Å². The third kappa shape index (κ3) is 6.30. The van der Waals surface area contributed by atoms with Crippen LogP contribution in [0.5, 0.6) is 0 Å². The van der Waals surface area contributed by atoms with Crippen molar-refractivity contribution in [3.05, 3.63) is 29.3 Å². The van der Waals surface area contributed by atoms with Crippen LogP contribution in [0, 0.1) is 5.92 Å². The average Bonchev–Trinajstić information content (AvgIpc) is 3.01. The Morgan fingerprint density at radius 1 is 1.24 bits per heavy atom. The lowest BCUT2D eigenvalue weighted by molar-refractivity contribution is -0.120. The van der Waals surface area contributed by atoms with Gasteiger partial charge in [0.1, 0.15) is 0 Å². The maximum absolute atomic E-state index is 12.0. The molecule has 0 aliphatic carbocycles. The summed E-state index contributed by atoms with van der Waals surface area (Å²) < 4.78 is 0.626. The van der Waals surface area contributed by atoms with E-state index < -0.39 is 0 Å². The second-order valence-corrected chi connectivity index (χ2v) is 7.86.